The van der Waals surface area contributed by atoms with Crippen molar-refractivity contribution in [3.05, 3.63) is 85.1 Å². The van der Waals surface area contributed by atoms with Crippen LogP contribution in [-0.2, 0) is 28.7 Å². The van der Waals surface area contributed by atoms with E-state index < -0.39 is 43.1 Å². The molecule has 0 aliphatic rings. The topological polar surface area (TPSA) is 151 Å². The Morgan fingerprint density at radius 2 is 1.15 bits per heavy atom. The number of amides is 2. The van der Waals surface area contributed by atoms with E-state index in [1.54, 1.807) is 0 Å². The molecule has 0 fully saturated rings. The summed E-state index contributed by atoms with van der Waals surface area (Å²) in [6, 6.07) is 0. The Bertz CT molecular complexity index is 1050. The van der Waals surface area contributed by atoms with Crippen molar-refractivity contribution in [2.24, 2.45) is 5.92 Å². The number of aliphatic hydroxyl groups is 2. The molecule has 0 aliphatic heterocycles. The number of esters is 2. The standard InChI is InChI=1S/C36H54N2O8/c1-3-4-5-6-7-8-9-10-11-12-13-14-15-16-17-18-19-20-21-22-33(41)37-27-25-31(36(44)46-32(29-39)30-40)26-28-38-34(42)23-24-35(43)45-2/h4-5,7-8,10-11,13-14,16-17,19-20,23-24,31-32,39-40H,3,6,9,12,15,18,21-22,25-30H2,1-2H3,(H,37,41)(H,38,42)/b5-4?,8-7?,11-10?,14-13?,17-16?,20-19?,24-23+. The van der Waals surface area contributed by atoms with Gasteiger partial charge in [-0.05, 0) is 57.8 Å². The smallest absolute Gasteiger partial charge is 0.330 e. The van der Waals surface area contributed by atoms with Crippen LogP contribution >= 0.6 is 0 Å². The van der Waals surface area contributed by atoms with Crippen molar-refractivity contribution in [1.82, 2.24) is 10.6 Å². The van der Waals surface area contributed by atoms with Gasteiger partial charge in [-0.3, -0.25) is 14.4 Å². The summed E-state index contributed by atoms with van der Waals surface area (Å²) in [5.41, 5.74) is 0. The number of methoxy groups -OCH3 is 1. The number of allylic oxidation sites excluding steroid dienone is 12. The first kappa shape index (κ1) is 42.0. The van der Waals surface area contributed by atoms with E-state index >= 15 is 0 Å². The third kappa shape index (κ3) is 26.4. The second-order valence-corrected chi connectivity index (χ2v) is 10.1. The molecule has 1 unspecified atom stereocenters. The number of carbonyl (C=O) groups is 4. The van der Waals surface area contributed by atoms with Crippen LogP contribution in [0, 0.1) is 5.92 Å². The van der Waals surface area contributed by atoms with Crippen LogP contribution in [0.3, 0.4) is 0 Å². The molecule has 0 aromatic carbocycles. The lowest BCUT2D eigenvalue weighted by molar-refractivity contribution is -0.159. The molecule has 10 heteroatoms. The Balaban J connectivity index is 4.30. The van der Waals surface area contributed by atoms with Gasteiger partial charge in [0.15, 0.2) is 0 Å². The van der Waals surface area contributed by atoms with E-state index in [2.05, 4.69) is 83.1 Å². The van der Waals surface area contributed by atoms with Crippen molar-refractivity contribution < 1.29 is 38.9 Å². The lowest BCUT2D eigenvalue weighted by atomic mass is 10.0. The van der Waals surface area contributed by atoms with Crippen LogP contribution in [0.5, 0.6) is 0 Å². The van der Waals surface area contributed by atoms with Gasteiger partial charge in [-0.2, -0.15) is 0 Å². The highest BCUT2D eigenvalue weighted by molar-refractivity contribution is 5.94. The van der Waals surface area contributed by atoms with Gasteiger partial charge in [0.25, 0.3) is 0 Å². The summed E-state index contributed by atoms with van der Waals surface area (Å²) in [6.45, 7) is 1.38. The van der Waals surface area contributed by atoms with Crippen LogP contribution in [0.25, 0.3) is 0 Å². The Morgan fingerprint density at radius 1 is 0.674 bits per heavy atom. The maximum absolute atomic E-state index is 12.6. The lowest BCUT2D eigenvalue weighted by Gasteiger charge is -2.20. The summed E-state index contributed by atoms with van der Waals surface area (Å²) in [5, 5.41) is 23.8. The van der Waals surface area contributed by atoms with Gasteiger partial charge in [-0.25, -0.2) is 4.79 Å². The predicted octanol–water partition coefficient (Wildman–Crippen LogP) is 4.72. The summed E-state index contributed by atoms with van der Waals surface area (Å²) in [4.78, 5) is 47.7. The van der Waals surface area contributed by atoms with Gasteiger partial charge in [-0.1, -0.05) is 79.8 Å². The second-order valence-electron chi connectivity index (χ2n) is 10.1. The molecule has 256 valence electrons. The van der Waals surface area contributed by atoms with Gasteiger partial charge in [0.1, 0.15) is 6.10 Å². The molecule has 2 amide bonds. The molecule has 0 heterocycles. The van der Waals surface area contributed by atoms with Crippen LogP contribution in [0.15, 0.2) is 85.1 Å². The van der Waals surface area contributed by atoms with E-state index in [0.717, 1.165) is 50.7 Å². The maximum atomic E-state index is 12.6. The molecule has 46 heavy (non-hydrogen) atoms. The first-order valence-corrected chi connectivity index (χ1v) is 16.0. The fourth-order valence-corrected chi connectivity index (χ4v) is 3.74. The van der Waals surface area contributed by atoms with Gasteiger partial charge in [-0.15, -0.1) is 0 Å². The summed E-state index contributed by atoms with van der Waals surface area (Å²) < 4.78 is 9.55. The van der Waals surface area contributed by atoms with Crippen LogP contribution in [-0.4, -0.2) is 73.5 Å². The van der Waals surface area contributed by atoms with E-state index in [9.17, 15) is 29.4 Å². The van der Waals surface area contributed by atoms with Crippen LogP contribution < -0.4 is 10.6 Å². The molecule has 0 aromatic rings. The van der Waals surface area contributed by atoms with Gasteiger partial charge in [0.05, 0.1) is 26.2 Å². The minimum Gasteiger partial charge on any atom is -0.466 e. The number of rotatable bonds is 26. The fraction of sp³-hybridized carbons (Fsp3) is 0.500. The Labute approximate surface area is 274 Å². The minimum atomic E-state index is -1.05. The van der Waals surface area contributed by atoms with Crippen LogP contribution in [0.4, 0.5) is 0 Å². The summed E-state index contributed by atoms with van der Waals surface area (Å²) >= 11 is 0. The monoisotopic (exact) mass is 642 g/mol. The molecule has 0 saturated heterocycles. The molecule has 0 radical (unpaired) electrons. The summed E-state index contributed by atoms with van der Waals surface area (Å²) in [6.07, 6.45) is 33.4. The second kappa shape index (κ2) is 31.0. The van der Waals surface area contributed by atoms with Gasteiger partial charge >= 0.3 is 11.9 Å². The highest BCUT2D eigenvalue weighted by atomic mass is 16.6. The largest absolute Gasteiger partial charge is 0.466 e. The molecule has 0 spiro atoms. The summed E-state index contributed by atoms with van der Waals surface area (Å²) in [7, 11) is 1.19. The zero-order valence-corrected chi connectivity index (χ0v) is 27.5. The normalized spacial score (nSPS) is 13.0. The molecular formula is C36H54N2O8. The predicted molar refractivity (Wildman–Crippen MR) is 181 cm³/mol. The van der Waals surface area contributed by atoms with Crippen molar-refractivity contribution in [1.29, 1.82) is 0 Å². The van der Waals surface area contributed by atoms with Crippen molar-refractivity contribution in [3.63, 3.8) is 0 Å². The molecular weight excluding hydrogens is 588 g/mol. The van der Waals surface area contributed by atoms with Crippen LogP contribution in [0.2, 0.25) is 0 Å². The van der Waals surface area contributed by atoms with E-state index in [0.29, 0.717) is 12.8 Å². The lowest BCUT2D eigenvalue weighted by Crippen LogP contribution is -2.34. The molecule has 10 nitrogen and oxygen atoms in total. The first-order valence-electron chi connectivity index (χ1n) is 16.0. The van der Waals surface area contributed by atoms with Crippen molar-refractivity contribution >= 4 is 23.8 Å². The number of nitrogens with one attached hydrogen (secondary N) is 2. The van der Waals surface area contributed by atoms with Gasteiger partial charge in [0.2, 0.25) is 11.8 Å². The third-order valence-corrected chi connectivity index (χ3v) is 6.34. The SMILES string of the molecule is CCC=CCC=CCC=CCC=CCC=CCC=CCCC(=O)NCCC(CCNC(=O)/C=C/C(=O)OC)C(=O)OC(CO)CO. The molecule has 0 bridgehead atoms. The van der Waals surface area contributed by atoms with E-state index in [4.69, 9.17) is 4.74 Å². The Hall–Kier alpha value is -4.02. The van der Waals surface area contributed by atoms with E-state index in [1.807, 2.05) is 12.2 Å². The Morgan fingerprint density at radius 3 is 1.63 bits per heavy atom. The minimum absolute atomic E-state index is 0.101. The number of aliphatic hydroxyl groups excluding tert-OH is 2. The average Bonchev–Trinajstić information content (AvgIpc) is 3.06. The zero-order chi connectivity index (χ0) is 34.1. The van der Waals surface area contributed by atoms with Gasteiger partial charge in [0, 0.05) is 31.7 Å². The maximum Gasteiger partial charge on any atom is 0.330 e. The average molecular weight is 643 g/mol. The summed E-state index contributed by atoms with van der Waals surface area (Å²) in [5.74, 6) is -2.72. The first-order chi connectivity index (χ1) is 22.4. The van der Waals surface area contributed by atoms with Crippen molar-refractivity contribution in [3.8, 4) is 0 Å². The third-order valence-electron chi connectivity index (χ3n) is 6.34. The Kier molecular flexibility index (Phi) is 28.3. The zero-order valence-electron chi connectivity index (χ0n) is 27.5. The highest BCUT2D eigenvalue weighted by Crippen LogP contribution is 2.12. The molecule has 1 atom stereocenters. The number of hydrogen-bond acceptors (Lipinski definition) is 8. The van der Waals surface area contributed by atoms with Crippen LogP contribution in [0.1, 0.15) is 71.1 Å². The molecule has 0 rings (SSSR count). The fourth-order valence-electron chi connectivity index (χ4n) is 3.74. The molecule has 0 saturated carbocycles. The number of hydrogen-bond donors (Lipinski definition) is 4. The van der Waals surface area contributed by atoms with E-state index in [1.165, 1.54) is 7.11 Å². The van der Waals surface area contributed by atoms with Crippen molar-refractivity contribution in [2.75, 3.05) is 33.4 Å². The molecule has 0 aromatic heterocycles. The van der Waals surface area contributed by atoms with Gasteiger partial charge < -0.3 is 30.3 Å². The number of carbonyl (C=O) groups excluding carboxylic acids is 4. The quantitative estimate of drug-likeness (QED) is 0.0601. The molecule has 4 N–H and O–H groups in total. The van der Waals surface area contributed by atoms with Crippen molar-refractivity contribution in [2.45, 2.75) is 77.2 Å². The molecule has 0 aliphatic carbocycles. The van der Waals surface area contributed by atoms with E-state index in [-0.39, 0.29) is 31.8 Å². The highest BCUT2D eigenvalue weighted by Gasteiger charge is 2.23. The number of ether oxygens (including phenoxy) is 2.